The number of carbonyl (C=O) groups is 1. The first-order valence-corrected chi connectivity index (χ1v) is 12.6. The van der Waals surface area contributed by atoms with Gasteiger partial charge in [-0.05, 0) is 36.4 Å². The Hall–Kier alpha value is -3.00. The average molecular weight is 464 g/mol. The lowest BCUT2D eigenvalue weighted by Gasteiger charge is -2.31. The maximum atomic E-state index is 13.1. The van der Waals surface area contributed by atoms with Crippen LogP contribution in [0, 0.1) is 0 Å². The highest BCUT2D eigenvalue weighted by atomic mass is 32.2. The summed E-state index contributed by atoms with van der Waals surface area (Å²) < 4.78 is 27.7. The van der Waals surface area contributed by atoms with E-state index in [1.807, 2.05) is 67.7 Å². The summed E-state index contributed by atoms with van der Waals surface area (Å²) in [5.41, 5.74) is 2.55. The Morgan fingerprint density at radius 1 is 0.848 bits per heavy atom. The Bertz CT molecular complexity index is 1140. The van der Waals surface area contributed by atoms with Crippen molar-refractivity contribution in [3.05, 3.63) is 102 Å². The molecule has 1 heterocycles. The number of piperazine rings is 1. The third-order valence-corrected chi connectivity index (χ3v) is 7.96. The van der Waals surface area contributed by atoms with Crippen LogP contribution in [0.1, 0.15) is 27.4 Å². The van der Waals surface area contributed by atoms with Gasteiger partial charge < -0.3 is 10.2 Å². The van der Waals surface area contributed by atoms with E-state index in [9.17, 15) is 13.2 Å². The van der Waals surface area contributed by atoms with Gasteiger partial charge in [0.1, 0.15) is 0 Å². The number of sulfonamides is 1. The van der Waals surface area contributed by atoms with Crippen molar-refractivity contribution in [2.75, 3.05) is 39.8 Å². The number of carbonyl (C=O) groups excluding carboxylic acids is 1. The van der Waals surface area contributed by atoms with E-state index in [1.54, 1.807) is 18.2 Å². The van der Waals surface area contributed by atoms with Gasteiger partial charge in [-0.2, -0.15) is 4.31 Å². The van der Waals surface area contributed by atoms with Gasteiger partial charge in [-0.1, -0.05) is 66.7 Å². The molecule has 1 amide bonds. The van der Waals surface area contributed by atoms with Crippen LogP contribution in [-0.4, -0.2) is 63.3 Å². The molecule has 1 saturated heterocycles. The quantitative estimate of drug-likeness (QED) is 0.584. The zero-order valence-corrected chi connectivity index (χ0v) is 19.5. The normalized spacial score (nSPS) is 15.5. The van der Waals surface area contributed by atoms with Crippen molar-refractivity contribution in [2.45, 2.75) is 10.8 Å². The van der Waals surface area contributed by atoms with Gasteiger partial charge in [0.2, 0.25) is 10.0 Å². The van der Waals surface area contributed by atoms with Crippen molar-refractivity contribution in [1.82, 2.24) is 14.5 Å². The third-order valence-electron chi connectivity index (χ3n) is 6.07. The summed E-state index contributed by atoms with van der Waals surface area (Å²) in [6.07, 6.45) is 0. The smallest absolute Gasteiger partial charge is 0.251 e. The number of benzene rings is 3. The topological polar surface area (TPSA) is 69.7 Å². The zero-order chi connectivity index (χ0) is 23.3. The molecule has 0 aliphatic carbocycles. The molecular formula is C26H29N3O3S. The van der Waals surface area contributed by atoms with Gasteiger partial charge in [0.05, 0.1) is 4.90 Å². The molecule has 0 unspecified atom stereocenters. The zero-order valence-electron chi connectivity index (χ0n) is 18.7. The van der Waals surface area contributed by atoms with Crippen LogP contribution in [0.5, 0.6) is 0 Å². The maximum Gasteiger partial charge on any atom is 0.251 e. The predicted molar refractivity (Wildman–Crippen MR) is 130 cm³/mol. The van der Waals surface area contributed by atoms with Crippen LogP contribution < -0.4 is 5.32 Å². The van der Waals surface area contributed by atoms with E-state index >= 15 is 0 Å². The van der Waals surface area contributed by atoms with Gasteiger partial charge in [-0.3, -0.25) is 4.79 Å². The van der Waals surface area contributed by atoms with E-state index in [-0.39, 0.29) is 16.7 Å². The molecule has 1 aliphatic rings. The lowest BCUT2D eigenvalue weighted by Crippen LogP contribution is -2.47. The number of nitrogens with one attached hydrogen (secondary N) is 1. The summed E-state index contributed by atoms with van der Waals surface area (Å²) in [4.78, 5) is 15.2. The predicted octanol–water partition coefficient (Wildman–Crippen LogP) is 3.18. The van der Waals surface area contributed by atoms with Crippen LogP contribution in [-0.2, 0) is 10.0 Å². The Labute approximate surface area is 195 Å². The Morgan fingerprint density at radius 3 is 2.00 bits per heavy atom. The van der Waals surface area contributed by atoms with Crippen LogP contribution in [0.3, 0.4) is 0 Å². The summed E-state index contributed by atoms with van der Waals surface area (Å²) in [5, 5.41) is 3.01. The minimum Gasteiger partial charge on any atom is -0.351 e. The van der Waals surface area contributed by atoms with Gasteiger partial charge in [-0.25, -0.2) is 8.42 Å². The monoisotopic (exact) mass is 463 g/mol. The Balaban J connectivity index is 1.50. The highest BCUT2D eigenvalue weighted by Gasteiger charge is 2.28. The molecule has 0 aromatic heterocycles. The molecule has 172 valence electrons. The molecule has 0 bridgehead atoms. The standard InChI is InChI=1S/C26H29N3O3S/c1-28-15-17-29(18-16-28)33(31,32)24-14-8-13-23(19-24)26(30)27-20-25(21-9-4-2-5-10-21)22-11-6-3-7-12-22/h2-14,19,25H,15-18,20H2,1H3,(H,27,30). The average Bonchev–Trinajstić information content (AvgIpc) is 2.86. The molecule has 0 atom stereocenters. The second kappa shape index (κ2) is 10.3. The first kappa shape index (κ1) is 23.2. The van der Waals surface area contributed by atoms with Crippen molar-refractivity contribution >= 4 is 15.9 Å². The molecule has 0 saturated carbocycles. The van der Waals surface area contributed by atoms with Gasteiger partial charge in [-0.15, -0.1) is 0 Å². The maximum absolute atomic E-state index is 13.1. The van der Waals surface area contributed by atoms with Crippen molar-refractivity contribution in [2.24, 2.45) is 0 Å². The lowest BCUT2D eigenvalue weighted by molar-refractivity contribution is 0.0952. The van der Waals surface area contributed by atoms with Gasteiger partial charge >= 0.3 is 0 Å². The number of likely N-dealkylation sites (N-methyl/N-ethyl adjacent to an activating group) is 1. The summed E-state index contributed by atoms with van der Waals surface area (Å²) in [6, 6.07) is 26.4. The first-order valence-electron chi connectivity index (χ1n) is 11.1. The SMILES string of the molecule is CN1CCN(S(=O)(=O)c2cccc(C(=O)NCC(c3ccccc3)c3ccccc3)c2)CC1. The van der Waals surface area contributed by atoms with Crippen molar-refractivity contribution in [1.29, 1.82) is 0 Å². The van der Waals surface area contributed by atoms with Crippen LogP contribution >= 0.6 is 0 Å². The number of hydrogen-bond acceptors (Lipinski definition) is 4. The van der Waals surface area contributed by atoms with Crippen LogP contribution in [0.2, 0.25) is 0 Å². The van der Waals surface area contributed by atoms with E-state index in [0.29, 0.717) is 38.3 Å². The molecule has 4 rings (SSSR count). The highest BCUT2D eigenvalue weighted by molar-refractivity contribution is 7.89. The van der Waals surface area contributed by atoms with Crippen LogP contribution in [0.25, 0.3) is 0 Å². The Kier molecular flexibility index (Phi) is 7.23. The molecule has 1 fully saturated rings. The minimum atomic E-state index is -3.63. The fourth-order valence-electron chi connectivity index (χ4n) is 4.07. The molecule has 33 heavy (non-hydrogen) atoms. The number of amides is 1. The number of nitrogens with zero attached hydrogens (tertiary/aromatic N) is 2. The van der Waals surface area contributed by atoms with E-state index in [1.165, 1.54) is 10.4 Å². The van der Waals surface area contributed by atoms with Crippen LogP contribution in [0.15, 0.2) is 89.8 Å². The van der Waals surface area contributed by atoms with Crippen LogP contribution in [0.4, 0.5) is 0 Å². The van der Waals surface area contributed by atoms with Crippen molar-refractivity contribution < 1.29 is 13.2 Å². The van der Waals surface area contributed by atoms with Gasteiger partial charge in [0, 0.05) is 44.2 Å². The fourth-order valence-corrected chi connectivity index (χ4v) is 5.54. The molecule has 1 aliphatic heterocycles. The third kappa shape index (κ3) is 5.50. The molecule has 3 aromatic carbocycles. The molecular weight excluding hydrogens is 434 g/mol. The molecule has 0 spiro atoms. The summed E-state index contributed by atoms with van der Waals surface area (Å²) in [7, 11) is -1.65. The van der Waals surface area contributed by atoms with Crippen molar-refractivity contribution in [3.63, 3.8) is 0 Å². The van der Waals surface area contributed by atoms with Gasteiger partial charge in [0.25, 0.3) is 5.91 Å². The first-order chi connectivity index (χ1) is 15.9. The number of hydrogen-bond donors (Lipinski definition) is 1. The molecule has 6 nitrogen and oxygen atoms in total. The van der Waals surface area contributed by atoms with E-state index in [4.69, 9.17) is 0 Å². The molecule has 3 aromatic rings. The molecule has 0 radical (unpaired) electrons. The number of rotatable bonds is 7. The summed E-state index contributed by atoms with van der Waals surface area (Å²) >= 11 is 0. The van der Waals surface area contributed by atoms with Gasteiger partial charge in [0.15, 0.2) is 0 Å². The lowest BCUT2D eigenvalue weighted by atomic mass is 9.91. The van der Waals surface area contributed by atoms with E-state index in [2.05, 4.69) is 10.2 Å². The summed E-state index contributed by atoms with van der Waals surface area (Å²) in [5.74, 6) is -0.295. The highest BCUT2D eigenvalue weighted by Crippen LogP contribution is 2.24. The second-order valence-electron chi connectivity index (χ2n) is 8.32. The molecule has 1 N–H and O–H groups in total. The molecule has 7 heteroatoms. The van der Waals surface area contributed by atoms with E-state index < -0.39 is 10.0 Å². The Morgan fingerprint density at radius 2 is 1.42 bits per heavy atom. The van der Waals surface area contributed by atoms with Crippen molar-refractivity contribution in [3.8, 4) is 0 Å². The minimum absolute atomic E-state index is 0.00592. The van der Waals surface area contributed by atoms with E-state index in [0.717, 1.165) is 11.1 Å². The fraction of sp³-hybridized carbons (Fsp3) is 0.269. The largest absolute Gasteiger partial charge is 0.351 e. The second-order valence-corrected chi connectivity index (χ2v) is 10.3. The summed E-state index contributed by atoms with van der Waals surface area (Å²) in [6.45, 7) is 2.69.